The van der Waals surface area contributed by atoms with Gasteiger partial charge >= 0.3 is 0 Å². The minimum Gasteiger partial charge on any atom is -0.359 e. The van der Waals surface area contributed by atoms with Crippen molar-refractivity contribution in [3.05, 3.63) is 103 Å². The molecule has 0 amide bonds. The van der Waals surface area contributed by atoms with Crippen LogP contribution in [0.3, 0.4) is 0 Å². The number of benzene rings is 1. The van der Waals surface area contributed by atoms with Gasteiger partial charge in [-0.1, -0.05) is 45.2 Å². The maximum atomic E-state index is 13.9. The molecule has 0 atom stereocenters. The normalized spacial score (nSPS) is 12.4. The Morgan fingerprint density at radius 3 is 2.77 bits per heavy atom. The molecule has 0 spiro atoms. The van der Waals surface area contributed by atoms with Crippen LogP contribution < -0.4 is 5.32 Å². The Bertz CT molecular complexity index is 1750. The van der Waals surface area contributed by atoms with E-state index in [1.54, 1.807) is 24.5 Å². The Balaban J connectivity index is 1.53. The molecule has 3 N–H and O–H groups in total. The van der Waals surface area contributed by atoms with E-state index in [0.717, 1.165) is 39.9 Å². The highest BCUT2D eigenvalue weighted by atomic mass is 19.1. The van der Waals surface area contributed by atoms with Gasteiger partial charge in [-0.2, -0.15) is 5.10 Å². The highest BCUT2D eigenvalue weighted by Crippen LogP contribution is 2.31. The van der Waals surface area contributed by atoms with Gasteiger partial charge in [0.2, 0.25) is 0 Å². The molecule has 0 aliphatic rings. The van der Waals surface area contributed by atoms with E-state index < -0.39 is 0 Å². The molecule has 39 heavy (non-hydrogen) atoms. The summed E-state index contributed by atoms with van der Waals surface area (Å²) in [5.41, 5.74) is 7.64. The quantitative estimate of drug-likeness (QED) is 0.177. The first-order valence-corrected chi connectivity index (χ1v) is 12.8. The molecule has 0 aliphatic heterocycles. The van der Waals surface area contributed by atoms with Gasteiger partial charge in [0.15, 0.2) is 11.5 Å². The number of pyridine rings is 2. The molecule has 7 nitrogen and oxygen atoms in total. The van der Waals surface area contributed by atoms with Crippen LogP contribution >= 0.6 is 0 Å². The highest BCUT2D eigenvalue weighted by molar-refractivity contribution is 5.96. The molecule has 196 valence electrons. The fourth-order valence-electron chi connectivity index (χ4n) is 4.53. The van der Waals surface area contributed by atoms with Gasteiger partial charge < -0.3 is 10.3 Å². The maximum absolute atomic E-state index is 13.9. The number of aromatic amines is 2. The number of hydrogen-bond donors (Lipinski definition) is 3. The summed E-state index contributed by atoms with van der Waals surface area (Å²) in [5.74, 6) is 0.767. The van der Waals surface area contributed by atoms with Crippen molar-refractivity contribution in [1.29, 1.82) is 0 Å². The fourth-order valence-corrected chi connectivity index (χ4v) is 4.53. The van der Waals surface area contributed by atoms with E-state index in [4.69, 9.17) is 4.98 Å². The Labute approximate surface area is 226 Å². The number of rotatable bonds is 9. The molecule has 5 rings (SSSR count). The molecule has 5 aromatic rings. The van der Waals surface area contributed by atoms with Crippen molar-refractivity contribution < 1.29 is 4.39 Å². The van der Waals surface area contributed by atoms with Gasteiger partial charge in [-0.15, -0.1) is 0 Å². The molecule has 0 unspecified atom stereocenters. The van der Waals surface area contributed by atoms with Crippen LogP contribution in [0.15, 0.2) is 91.6 Å². The van der Waals surface area contributed by atoms with Crippen molar-refractivity contribution in [2.75, 3.05) is 0 Å². The molecule has 0 fully saturated rings. The third-order valence-electron chi connectivity index (χ3n) is 6.30. The largest absolute Gasteiger partial charge is 0.359 e. The lowest BCUT2D eigenvalue weighted by Gasteiger charge is -2.13. The third-order valence-corrected chi connectivity index (χ3v) is 6.30. The molecule has 0 radical (unpaired) electrons. The second kappa shape index (κ2) is 10.9. The van der Waals surface area contributed by atoms with Crippen LogP contribution in [0, 0.1) is 11.7 Å². The van der Waals surface area contributed by atoms with Crippen LogP contribution in [0.5, 0.6) is 0 Å². The molecule has 0 aliphatic carbocycles. The number of aromatic nitrogens is 6. The minimum absolute atomic E-state index is 0.326. The van der Waals surface area contributed by atoms with Gasteiger partial charge in [0.1, 0.15) is 17.0 Å². The molecular formula is C31H30FN7. The Morgan fingerprint density at radius 1 is 1.18 bits per heavy atom. The fraction of sp³-hybridized carbons (Fsp3) is 0.161. The molecule has 4 aromatic heterocycles. The number of nitrogens with zero attached hydrogens (tertiary/aromatic N) is 4. The summed E-state index contributed by atoms with van der Waals surface area (Å²) in [7, 11) is 0. The van der Waals surface area contributed by atoms with Crippen molar-refractivity contribution in [3.63, 3.8) is 0 Å². The number of imidazole rings is 1. The number of halogens is 1. The van der Waals surface area contributed by atoms with Crippen LogP contribution in [0.4, 0.5) is 4.39 Å². The first-order chi connectivity index (χ1) is 18.9. The first-order valence-electron chi connectivity index (χ1n) is 12.8. The molecule has 0 saturated carbocycles. The summed E-state index contributed by atoms with van der Waals surface area (Å²) in [4.78, 5) is 17.2. The summed E-state index contributed by atoms with van der Waals surface area (Å²) in [6, 6.07) is 10.2. The van der Waals surface area contributed by atoms with Gasteiger partial charge in [-0.05, 0) is 61.3 Å². The summed E-state index contributed by atoms with van der Waals surface area (Å²) in [6.07, 6.45) is 10.2. The van der Waals surface area contributed by atoms with Crippen LogP contribution in [-0.2, 0) is 0 Å². The number of H-pyrrole nitrogens is 2. The summed E-state index contributed by atoms with van der Waals surface area (Å²) in [5, 5.41) is 11.6. The van der Waals surface area contributed by atoms with Crippen molar-refractivity contribution in [1.82, 2.24) is 35.5 Å². The molecule has 4 heterocycles. The van der Waals surface area contributed by atoms with Crippen LogP contribution in [0.25, 0.3) is 50.4 Å². The Morgan fingerprint density at radius 2 is 2.03 bits per heavy atom. The van der Waals surface area contributed by atoms with E-state index in [1.807, 2.05) is 37.3 Å². The standard InChI is InChI=1S/C31H30FN7/c1-6-20(15-24(7-2)35-19(5)13-18(3)4)22-16-25-28(38-39-30(25)34-17-22)31-36-26-11-12-33-27(29(26)37-31)21-9-8-10-23(32)14-21/h6-12,14-18,35H,2,5,13H2,1,3-4H3,(H,36,37)(H,34,38,39)/b20-6+,24-15+. The van der Waals surface area contributed by atoms with Gasteiger partial charge in [0.05, 0.1) is 16.6 Å². The number of nitrogens with one attached hydrogen (secondary N) is 3. The van der Waals surface area contributed by atoms with Gasteiger partial charge in [0.25, 0.3) is 0 Å². The van der Waals surface area contributed by atoms with E-state index in [-0.39, 0.29) is 5.82 Å². The second-order valence-corrected chi connectivity index (χ2v) is 9.72. The first kappa shape index (κ1) is 25.8. The zero-order chi connectivity index (χ0) is 27.5. The molecule has 0 saturated heterocycles. The van der Waals surface area contributed by atoms with Gasteiger partial charge in [-0.25, -0.2) is 14.4 Å². The number of fused-ring (bicyclic) bond motifs is 2. The van der Waals surface area contributed by atoms with Crippen molar-refractivity contribution in [2.24, 2.45) is 5.92 Å². The molecule has 0 bridgehead atoms. The predicted octanol–water partition coefficient (Wildman–Crippen LogP) is 7.32. The monoisotopic (exact) mass is 519 g/mol. The smallest absolute Gasteiger partial charge is 0.181 e. The third kappa shape index (κ3) is 5.40. The minimum atomic E-state index is -0.326. The zero-order valence-corrected chi connectivity index (χ0v) is 22.2. The van der Waals surface area contributed by atoms with E-state index in [1.165, 1.54) is 12.1 Å². The summed E-state index contributed by atoms with van der Waals surface area (Å²) < 4.78 is 13.9. The van der Waals surface area contributed by atoms with Gasteiger partial charge in [-0.3, -0.25) is 10.1 Å². The average molecular weight is 520 g/mol. The van der Waals surface area contributed by atoms with Crippen LogP contribution in [0.1, 0.15) is 32.8 Å². The van der Waals surface area contributed by atoms with Crippen molar-refractivity contribution in [3.8, 4) is 22.8 Å². The van der Waals surface area contributed by atoms with E-state index in [2.05, 4.69) is 57.5 Å². The highest BCUT2D eigenvalue weighted by Gasteiger charge is 2.17. The lowest BCUT2D eigenvalue weighted by Crippen LogP contribution is -2.12. The summed E-state index contributed by atoms with van der Waals surface area (Å²) >= 11 is 0. The SMILES string of the molecule is C=C/C(=C\C(=C/C)c1cnc2n[nH]c(-c3nc4c(-c5cccc(F)c5)nccc4[nH]3)c2c1)NC(=C)CC(C)C. The van der Waals surface area contributed by atoms with Crippen LogP contribution in [0.2, 0.25) is 0 Å². The lowest BCUT2D eigenvalue weighted by molar-refractivity contribution is 0.622. The molecule has 8 heteroatoms. The van der Waals surface area contributed by atoms with E-state index in [0.29, 0.717) is 39.9 Å². The van der Waals surface area contributed by atoms with Gasteiger partial charge in [0, 0.05) is 34.9 Å². The van der Waals surface area contributed by atoms with Crippen molar-refractivity contribution >= 4 is 27.6 Å². The number of allylic oxidation sites excluding steroid dienone is 5. The topological polar surface area (TPSA) is 95.2 Å². The molecular weight excluding hydrogens is 489 g/mol. The average Bonchev–Trinajstić information content (AvgIpc) is 3.54. The van der Waals surface area contributed by atoms with E-state index >= 15 is 0 Å². The van der Waals surface area contributed by atoms with Crippen molar-refractivity contribution in [2.45, 2.75) is 27.2 Å². The second-order valence-electron chi connectivity index (χ2n) is 9.72. The maximum Gasteiger partial charge on any atom is 0.181 e. The zero-order valence-electron chi connectivity index (χ0n) is 22.2. The predicted molar refractivity (Wildman–Crippen MR) is 156 cm³/mol. The van der Waals surface area contributed by atoms with Crippen LogP contribution in [-0.4, -0.2) is 30.1 Å². The summed E-state index contributed by atoms with van der Waals surface area (Å²) in [6.45, 7) is 14.4. The molecule has 1 aromatic carbocycles. The van der Waals surface area contributed by atoms with E-state index in [9.17, 15) is 4.39 Å². The lowest BCUT2D eigenvalue weighted by atomic mass is 10.0. The number of hydrogen-bond acceptors (Lipinski definition) is 5. The Kier molecular flexibility index (Phi) is 7.19. The Hall–Kier alpha value is -4.85.